The van der Waals surface area contributed by atoms with Gasteiger partial charge < -0.3 is 15.2 Å². The Morgan fingerprint density at radius 1 is 0.810 bits per heavy atom. The number of aromatic nitrogens is 3. The number of thiol groups is 1. The minimum absolute atomic E-state index is 0.197. The second kappa shape index (κ2) is 12.8. The first-order valence-electron chi connectivity index (χ1n) is 13.8. The average Bonchev–Trinajstić information content (AvgIpc) is 3.36. The van der Waals surface area contributed by atoms with E-state index < -0.39 is 28.3 Å². The highest BCUT2D eigenvalue weighted by atomic mass is 32.2. The summed E-state index contributed by atoms with van der Waals surface area (Å²) in [5, 5.41) is 4.77. The second-order valence-corrected chi connectivity index (χ2v) is 11.4. The van der Waals surface area contributed by atoms with E-state index in [0.717, 1.165) is 75.2 Å². The van der Waals surface area contributed by atoms with E-state index in [2.05, 4.69) is 36.5 Å². The molecule has 3 heterocycles. The molecule has 0 amide bonds. The number of fused-ring (bicyclic) bond motifs is 1. The zero-order valence-corrected chi connectivity index (χ0v) is 24.1. The Hall–Kier alpha value is -3.52. The van der Waals surface area contributed by atoms with Gasteiger partial charge in [0, 0.05) is 55.6 Å². The molecule has 9 nitrogen and oxygen atoms in total. The summed E-state index contributed by atoms with van der Waals surface area (Å²) in [6, 6.07) is 9.02. The van der Waals surface area contributed by atoms with Crippen LogP contribution in [0.4, 0.5) is 19.0 Å². The lowest BCUT2D eigenvalue weighted by Crippen LogP contribution is -2.49. The Labute approximate surface area is 244 Å². The molecule has 2 fully saturated rings. The van der Waals surface area contributed by atoms with Crippen molar-refractivity contribution in [1.82, 2.24) is 24.3 Å². The Balaban J connectivity index is 0.000000830. The molecule has 0 bridgehead atoms. The number of nitrogen functional groups attached to an aromatic ring is 1. The van der Waals surface area contributed by atoms with E-state index in [1.165, 1.54) is 18.5 Å². The normalized spacial score (nSPS) is 20.0. The quantitative estimate of drug-likeness (QED) is 0.303. The van der Waals surface area contributed by atoms with Gasteiger partial charge in [-0.1, -0.05) is 18.2 Å². The molecule has 2 aromatic heterocycles. The van der Waals surface area contributed by atoms with E-state index in [9.17, 15) is 8.78 Å². The van der Waals surface area contributed by atoms with Crippen LogP contribution < -0.4 is 10.9 Å². The van der Waals surface area contributed by atoms with Crippen molar-refractivity contribution in [2.75, 3.05) is 39.0 Å². The van der Waals surface area contributed by atoms with Gasteiger partial charge in [-0.05, 0) is 62.1 Å². The summed E-state index contributed by atoms with van der Waals surface area (Å²) in [5.41, 5.74) is 8.92. The monoisotopic (exact) mass is 601 g/mol. The summed E-state index contributed by atoms with van der Waals surface area (Å²) in [4.78, 5) is 13.8. The number of nitrogens with zero attached hydrogens (tertiary/aromatic N) is 5. The molecule has 2 aliphatic rings. The van der Waals surface area contributed by atoms with Crippen LogP contribution in [0.15, 0.2) is 48.9 Å². The summed E-state index contributed by atoms with van der Waals surface area (Å²) in [5.74, 6) is -2.16. The van der Waals surface area contributed by atoms with Gasteiger partial charge in [-0.2, -0.15) is 0 Å². The van der Waals surface area contributed by atoms with Crippen LogP contribution in [0, 0.1) is 17.5 Å². The van der Waals surface area contributed by atoms with Crippen molar-refractivity contribution in [3.63, 3.8) is 0 Å². The lowest BCUT2D eigenvalue weighted by atomic mass is 9.89. The Morgan fingerprint density at radius 3 is 2.05 bits per heavy atom. The fraction of sp³-hybridized carbons (Fsp3) is 0.379. The smallest absolute Gasteiger partial charge is 0.198 e. The minimum Gasteiger partial charge on any atom is -0.383 e. The predicted octanol–water partition coefficient (Wildman–Crippen LogP) is 3.97. The summed E-state index contributed by atoms with van der Waals surface area (Å²) < 4.78 is 62.2. The molecule has 4 N–H and O–H groups in total. The van der Waals surface area contributed by atoms with Crippen molar-refractivity contribution in [2.45, 2.75) is 37.8 Å². The molecular formula is C29H34F3N7O2S. The Kier molecular flexibility index (Phi) is 9.11. The van der Waals surface area contributed by atoms with Crippen molar-refractivity contribution < 1.29 is 21.6 Å². The van der Waals surface area contributed by atoms with Gasteiger partial charge in [0.1, 0.15) is 23.6 Å². The molecule has 0 atom stereocenters. The van der Waals surface area contributed by atoms with Crippen LogP contribution in [0.25, 0.3) is 33.3 Å². The molecule has 0 unspecified atom stereocenters. The van der Waals surface area contributed by atoms with Gasteiger partial charge in [-0.25, -0.2) is 36.7 Å². The molecule has 1 aliphatic carbocycles. The van der Waals surface area contributed by atoms with E-state index in [1.54, 1.807) is 12.1 Å². The number of piperazine rings is 1. The van der Waals surface area contributed by atoms with Gasteiger partial charge in [0.25, 0.3) is 0 Å². The van der Waals surface area contributed by atoms with E-state index >= 15 is 4.39 Å². The van der Waals surface area contributed by atoms with E-state index in [-0.39, 0.29) is 17.2 Å². The SMILES string of the molecule is CN1CCN(C2CCC(n3cc(-c4ccc(-c5ccc(F)c(F)c5)c(F)c4)c4c(N)ncnc43)CC2)CC1.N[SH](=O)=O. The van der Waals surface area contributed by atoms with E-state index in [0.29, 0.717) is 22.8 Å². The van der Waals surface area contributed by atoms with Crippen molar-refractivity contribution in [3.05, 3.63) is 66.4 Å². The zero-order valence-electron chi connectivity index (χ0n) is 23.2. The van der Waals surface area contributed by atoms with Crippen LogP contribution in [-0.2, 0) is 10.9 Å². The second-order valence-electron chi connectivity index (χ2n) is 10.8. The molecule has 42 heavy (non-hydrogen) atoms. The molecule has 1 aliphatic heterocycles. The number of benzene rings is 2. The molecule has 224 valence electrons. The van der Waals surface area contributed by atoms with Crippen molar-refractivity contribution >= 4 is 27.7 Å². The van der Waals surface area contributed by atoms with Gasteiger partial charge >= 0.3 is 0 Å². The van der Waals surface area contributed by atoms with Crippen molar-refractivity contribution in [3.8, 4) is 22.3 Å². The zero-order chi connectivity index (χ0) is 30.0. The first kappa shape index (κ1) is 30.0. The average molecular weight is 602 g/mol. The Morgan fingerprint density at radius 2 is 1.40 bits per heavy atom. The molecule has 2 aromatic carbocycles. The van der Waals surface area contributed by atoms with Crippen LogP contribution in [0.1, 0.15) is 31.7 Å². The number of halogens is 3. The topological polar surface area (TPSA) is 123 Å². The largest absolute Gasteiger partial charge is 0.383 e. The molecule has 4 aromatic rings. The van der Waals surface area contributed by atoms with Gasteiger partial charge in [-0.15, -0.1) is 0 Å². The first-order valence-corrected chi connectivity index (χ1v) is 15.0. The number of hydrogen-bond acceptors (Lipinski definition) is 7. The summed E-state index contributed by atoms with van der Waals surface area (Å²) in [6.45, 7) is 4.48. The third-order valence-electron chi connectivity index (χ3n) is 8.26. The van der Waals surface area contributed by atoms with Crippen molar-refractivity contribution in [2.24, 2.45) is 5.14 Å². The maximum Gasteiger partial charge on any atom is 0.198 e. The van der Waals surface area contributed by atoms with Crippen LogP contribution in [0.3, 0.4) is 0 Å². The van der Waals surface area contributed by atoms with Crippen molar-refractivity contribution in [1.29, 1.82) is 0 Å². The van der Waals surface area contributed by atoms with Gasteiger partial charge in [0.05, 0.1) is 5.39 Å². The van der Waals surface area contributed by atoms with Crippen LogP contribution in [-0.4, -0.2) is 72.0 Å². The third-order valence-corrected chi connectivity index (χ3v) is 8.26. The van der Waals surface area contributed by atoms with Gasteiger partial charge in [0.2, 0.25) is 0 Å². The maximum atomic E-state index is 15.3. The molecule has 6 rings (SSSR count). The summed E-state index contributed by atoms with van der Waals surface area (Å²) in [7, 11) is -0.441. The molecule has 0 radical (unpaired) electrons. The summed E-state index contributed by atoms with van der Waals surface area (Å²) >= 11 is 0. The number of hydrogen-bond donors (Lipinski definition) is 3. The predicted molar refractivity (Wildman–Crippen MR) is 158 cm³/mol. The van der Waals surface area contributed by atoms with Gasteiger partial charge in [0.15, 0.2) is 22.5 Å². The highest BCUT2D eigenvalue weighted by Gasteiger charge is 2.30. The van der Waals surface area contributed by atoms with E-state index in [4.69, 9.17) is 14.2 Å². The first-order chi connectivity index (χ1) is 20.1. The van der Waals surface area contributed by atoms with Crippen LogP contribution in [0.5, 0.6) is 0 Å². The van der Waals surface area contributed by atoms with E-state index in [1.807, 2.05) is 6.20 Å². The van der Waals surface area contributed by atoms with Gasteiger partial charge in [-0.3, -0.25) is 4.90 Å². The highest BCUT2D eigenvalue weighted by molar-refractivity contribution is 7.69. The molecule has 1 saturated heterocycles. The molecule has 13 heteroatoms. The third kappa shape index (κ3) is 6.43. The summed E-state index contributed by atoms with van der Waals surface area (Å²) in [6.07, 6.45) is 7.81. The molecular weight excluding hydrogens is 567 g/mol. The molecule has 0 spiro atoms. The fourth-order valence-electron chi connectivity index (χ4n) is 6.07. The standard InChI is InChI=1S/C29H31F3N6.H3NO2S/c1-36-10-12-37(13-11-36)20-4-6-21(7-5-20)38-16-23(27-28(33)34-17-35-29(27)38)19-2-8-22(25(31)14-19)18-3-9-24(30)26(32)15-18;1-4(2)3/h2-3,8-9,14-17,20-21H,4-7,10-13H2,1H3,(H2,33,34,35);4H,(H2,1,2,3). The molecule has 1 saturated carbocycles. The number of rotatable bonds is 4. The highest BCUT2D eigenvalue weighted by Crippen LogP contribution is 2.40. The number of likely N-dealkylation sites (N-methyl/N-ethyl adjacent to an activating group) is 1. The number of anilines is 1. The fourth-order valence-corrected chi connectivity index (χ4v) is 6.07. The van der Waals surface area contributed by atoms with Crippen LogP contribution in [0.2, 0.25) is 0 Å². The number of nitrogens with two attached hydrogens (primary N) is 2. The Bertz CT molecular complexity index is 1640. The van der Waals surface area contributed by atoms with Crippen LogP contribution >= 0.6 is 0 Å². The maximum absolute atomic E-state index is 15.3. The lowest BCUT2D eigenvalue weighted by molar-refractivity contribution is 0.0828. The lowest BCUT2D eigenvalue weighted by Gasteiger charge is -2.41. The minimum atomic E-state index is -2.62.